The van der Waals surface area contributed by atoms with E-state index in [1.807, 2.05) is 12.1 Å². The largest absolute Gasteiger partial charge is 0.340 e. The first kappa shape index (κ1) is 11.7. The molecule has 1 fully saturated rings. The van der Waals surface area contributed by atoms with Crippen molar-refractivity contribution in [3.05, 3.63) is 35.0 Å². The summed E-state index contributed by atoms with van der Waals surface area (Å²) in [6.45, 7) is 1.18. The number of hydrogen-bond acceptors (Lipinski definition) is 4. The fourth-order valence-corrected chi connectivity index (χ4v) is 2.08. The Bertz CT molecular complexity index is 394. The standard InChI is InChI=1S/C12H15N3O2/c16-12-4-2-6-15(12)9-11(14-17)7-10-3-1-5-13-8-10/h1,3,5,8,11H,2,4,6-7,9H2. The maximum Gasteiger partial charge on any atom is 0.222 e. The Morgan fingerprint density at radius 2 is 2.41 bits per heavy atom. The third kappa shape index (κ3) is 3.09. The van der Waals surface area contributed by atoms with E-state index in [9.17, 15) is 9.70 Å². The normalized spacial score (nSPS) is 17.2. The molecule has 0 saturated carbocycles. The maximum atomic E-state index is 11.4. The molecule has 1 aliphatic rings. The molecule has 1 aromatic heterocycles. The molecule has 2 rings (SSSR count). The smallest absolute Gasteiger partial charge is 0.222 e. The first-order chi connectivity index (χ1) is 8.29. The molecule has 1 aromatic rings. The van der Waals surface area contributed by atoms with Crippen molar-refractivity contribution in [2.75, 3.05) is 13.1 Å². The lowest BCUT2D eigenvalue weighted by atomic mass is 10.1. The number of carbonyl (C=O) groups excluding carboxylic acids is 1. The average Bonchev–Trinajstić information content (AvgIpc) is 2.75. The van der Waals surface area contributed by atoms with Gasteiger partial charge < -0.3 is 4.90 Å². The Morgan fingerprint density at radius 3 is 3.00 bits per heavy atom. The second-order valence-corrected chi connectivity index (χ2v) is 4.27. The molecule has 17 heavy (non-hydrogen) atoms. The Balaban J connectivity index is 1.93. The highest BCUT2D eigenvalue weighted by atomic mass is 16.3. The predicted octanol–water partition coefficient (Wildman–Crippen LogP) is 1.38. The van der Waals surface area contributed by atoms with Crippen LogP contribution in [0.15, 0.2) is 29.7 Å². The highest BCUT2D eigenvalue weighted by Crippen LogP contribution is 2.13. The van der Waals surface area contributed by atoms with Crippen LogP contribution in [0.25, 0.3) is 0 Å². The average molecular weight is 233 g/mol. The number of rotatable bonds is 5. The third-order valence-corrected chi connectivity index (χ3v) is 2.95. The van der Waals surface area contributed by atoms with Gasteiger partial charge in [0.1, 0.15) is 6.04 Å². The Hall–Kier alpha value is -1.78. The van der Waals surface area contributed by atoms with Crippen LogP contribution in [-0.2, 0) is 11.2 Å². The summed E-state index contributed by atoms with van der Waals surface area (Å²) in [5, 5.41) is 3.11. The Kier molecular flexibility index (Phi) is 3.80. The number of likely N-dealkylation sites (tertiary alicyclic amines) is 1. The van der Waals surface area contributed by atoms with Crippen molar-refractivity contribution in [3.63, 3.8) is 0 Å². The number of nitroso groups, excluding NO2 is 1. The molecule has 0 radical (unpaired) electrons. The lowest BCUT2D eigenvalue weighted by Crippen LogP contribution is -2.33. The zero-order chi connectivity index (χ0) is 12.1. The summed E-state index contributed by atoms with van der Waals surface area (Å²) in [6.07, 6.45) is 5.44. The van der Waals surface area contributed by atoms with Crippen LogP contribution in [0.1, 0.15) is 18.4 Å². The van der Waals surface area contributed by atoms with E-state index >= 15 is 0 Å². The van der Waals surface area contributed by atoms with Gasteiger partial charge in [-0.1, -0.05) is 11.2 Å². The van der Waals surface area contributed by atoms with Crippen molar-refractivity contribution in [1.29, 1.82) is 0 Å². The van der Waals surface area contributed by atoms with Gasteiger partial charge in [-0.05, 0) is 18.1 Å². The lowest BCUT2D eigenvalue weighted by Gasteiger charge is -2.18. The van der Waals surface area contributed by atoms with Crippen molar-refractivity contribution >= 4 is 5.91 Å². The number of aromatic nitrogens is 1. The lowest BCUT2D eigenvalue weighted by molar-refractivity contribution is -0.127. The van der Waals surface area contributed by atoms with E-state index in [-0.39, 0.29) is 11.9 Å². The highest BCUT2D eigenvalue weighted by Gasteiger charge is 2.23. The van der Waals surface area contributed by atoms with Gasteiger partial charge in [-0.25, -0.2) is 0 Å². The van der Waals surface area contributed by atoms with Crippen LogP contribution in [0.5, 0.6) is 0 Å². The number of nitrogens with zero attached hydrogens (tertiary/aromatic N) is 3. The number of carbonyl (C=O) groups is 1. The first-order valence-corrected chi connectivity index (χ1v) is 5.78. The quantitative estimate of drug-likeness (QED) is 0.722. The van der Waals surface area contributed by atoms with Crippen LogP contribution < -0.4 is 0 Å². The molecular formula is C12H15N3O2. The van der Waals surface area contributed by atoms with E-state index < -0.39 is 0 Å². The van der Waals surface area contributed by atoms with E-state index in [2.05, 4.69) is 10.2 Å². The van der Waals surface area contributed by atoms with Crippen molar-refractivity contribution in [1.82, 2.24) is 9.88 Å². The fourth-order valence-electron chi connectivity index (χ4n) is 2.08. The van der Waals surface area contributed by atoms with Gasteiger partial charge in [0.15, 0.2) is 0 Å². The van der Waals surface area contributed by atoms with Gasteiger partial charge in [0, 0.05) is 38.3 Å². The Labute approximate surface area is 99.8 Å². The number of pyridine rings is 1. The van der Waals surface area contributed by atoms with Crippen LogP contribution in [0.2, 0.25) is 0 Å². The summed E-state index contributed by atoms with van der Waals surface area (Å²) in [6, 6.07) is 3.37. The zero-order valence-corrected chi connectivity index (χ0v) is 9.58. The number of amides is 1. The molecule has 0 bridgehead atoms. The molecule has 1 atom stereocenters. The minimum Gasteiger partial charge on any atom is -0.340 e. The second-order valence-electron chi connectivity index (χ2n) is 4.27. The van der Waals surface area contributed by atoms with Gasteiger partial charge in [0.2, 0.25) is 5.91 Å². The van der Waals surface area contributed by atoms with Crippen LogP contribution in [0, 0.1) is 4.91 Å². The van der Waals surface area contributed by atoms with Crippen LogP contribution in [0.3, 0.4) is 0 Å². The van der Waals surface area contributed by atoms with E-state index in [0.717, 1.165) is 18.5 Å². The van der Waals surface area contributed by atoms with Crippen molar-refractivity contribution < 1.29 is 4.79 Å². The van der Waals surface area contributed by atoms with Crippen LogP contribution in [0.4, 0.5) is 0 Å². The molecule has 2 heterocycles. The van der Waals surface area contributed by atoms with E-state index in [1.165, 1.54) is 0 Å². The molecule has 0 spiro atoms. The van der Waals surface area contributed by atoms with Crippen LogP contribution in [-0.4, -0.2) is 34.9 Å². The molecule has 0 aliphatic carbocycles. The molecule has 90 valence electrons. The van der Waals surface area contributed by atoms with Crippen molar-refractivity contribution in [2.45, 2.75) is 25.3 Å². The SMILES string of the molecule is O=NC(Cc1cccnc1)CN1CCCC1=O. The van der Waals surface area contributed by atoms with Crippen molar-refractivity contribution in [3.8, 4) is 0 Å². The topological polar surface area (TPSA) is 62.6 Å². The summed E-state index contributed by atoms with van der Waals surface area (Å²) in [5.74, 6) is 0.129. The summed E-state index contributed by atoms with van der Waals surface area (Å²) in [4.78, 5) is 28.0. The van der Waals surface area contributed by atoms with Crippen LogP contribution >= 0.6 is 0 Å². The van der Waals surface area contributed by atoms with Gasteiger partial charge >= 0.3 is 0 Å². The van der Waals surface area contributed by atoms with Gasteiger partial charge in [0.05, 0.1) is 0 Å². The molecule has 5 nitrogen and oxygen atoms in total. The van der Waals surface area contributed by atoms with Gasteiger partial charge in [0.25, 0.3) is 0 Å². The minimum absolute atomic E-state index is 0.129. The molecule has 1 amide bonds. The predicted molar refractivity (Wildman–Crippen MR) is 63.3 cm³/mol. The summed E-state index contributed by atoms with van der Waals surface area (Å²) in [7, 11) is 0. The van der Waals surface area contributed by atoms with Crippen molar-refractivity contribution in [2.24, 2.45) is 5.18 Å². The highest BCUT2D eigenvalue weighted by molar-refractivity contribution is 5.78. The third-order valence-electron chi connectivity index (χ3n) is 2.95. The Morgan fingerprint density at radius 1 is 1.53 bits per heavy atom. The first-order valence-electron chi connectivity index (χ1n) is 5.78. The van der Waals surface area contributed by atoms with E-state index in [0.29, 0.717) is 19.4 Å². The molecule has 1 unspecified atom stereocenters. The second kappa shape index (κ2) is 5.52. The number of hydrogen-bond donors (Lipinski definition) is 0. The zero-order valence-electron chi connectivity index (χ0n) is 9.58. The summed E-state index contributed by atoms with van der Waals surface area (Å²) < 4.78 is 0. The molecule has 1 saturated heterocycles. The molecule has 0 N–H and O–H groups in total. The molecule has 0 aromatic carbocycles. The fraction of sp³-hybridized carbons (Fsp3) is 0.500. The van der Waals surface area contributed by atoms with Gasteiger partial charge in [-0.15, -0.1) is 0 Å². The molecule has 5 heteroatoms. The maximum absolute atomic E-state index is 11.4. The van der Waals surface area contributed by atoms with Gasteiger partial charge in [-0.3, -0.25) is 9.78 Å². The molecular weight excluding hydrogens is 218 g/mol. The van der Waals surface area contributed by atoms with E-state index in [4.69, 9.17) is 0 Å². The van der Waals surface area contributed by atoms with E-state index in [1.54, 1.807) is 17.3 Å². The molecule has 1 aliphatic heterocycles. The monoisotopic (exact) mass is 233 g/mol. The summed E-state index contributed by atoms with van der Waals surface area (Å²) in [5.41, 5.74) is 0.976. The summed E-state index contributed by atoms with van der Waals surface area (Å²) >= 11 is 0. The minimum atomic E-state index is -0.374. The van der Waals surface area contributed by atoms with Gasteiger partial charge in [-0.2, -0.15) is 4.91 Å².